The van der Waals surface area contributed by atoms with Gasteiger partial charge in [-0.25, -0.2) is 0 Å². The Labute approximate surface area is 61.2 Å². The first-order valence-electron chi connectivity index (χ1n) is 2.84. The van der Waals surface area contributed by atoms with Crippen LogP contribution in [-0.4, -0.2) is 23.3 Å². The molecule has 1 heterocycles. The lowest BCUT2D eigenvalue weighted by molar-refractivity contribution is -0.124. The zero-order valence-electron chi connectivity index (χ0n) is 5.46. The van der Waals surface area contributed by atoms with Crippen LogP contribution < -0.4 is 5.32 Å². The molecule has 1 rings (SSSR count). The molecule has 0 saturated carbocycles. The third kappa shape index (κ3) is 4.41. The average Bonchev–Trinajstić information content (AvgIpc) is 2.17. The van der Waals surface area contributed by atoms with Crippen LogP contribution in [0.25, 0.3) is 0 Å². The van der Waals surface area contributed by atoms with Crippen molar-refractivity contribution in [1.82, 2.24) is 5.32 Å². The maximum absolute atomic E-state index is 10.1. The fourth-order valence-electron chi connectivity index (χ4n) is 0.508. The van der Waals surface area contributed by atoms with Crippen molar-refractivity contribution in [1.29, 1.82) is 0 Å². The summed E-state index contributed by atoms with van der Waals surface area (Å²) in [4.78, 5) is 20.2. The van der Waals surface area contributed by atoms with Crippen molar-refractivity contribution in [3.63, 3.8) is 0 Å². The van der Waals surface area contributed by atoms with Crippen LogP contribution in [0, 0.1) is 0 Å². The van der Waals surface area contributed by atoms with Crippen LogP contribution in [0.2, 0.25) is 0 Å². The van der Waals surface area contributed by atoms with E-state index in [1.54, 1.807) is 0 Å². The fourth-order valence-corrected chi connectivity index (χ4v) is 0.508. The molecule has 1 saturated heterocycles. The van der Waals surface area contributed by atoms with E-state index < -0.39 is 0 Å². The summed E-state index contributed by atoms with van der Waals surface area (Å²) in [7, 11) is 2.13. The minimum absolute atomic E-state index is 0.148. The van der Waals surface area contributed by atoms with Gasteiger partial charge in [0.15, 0.2) is 0 Å². The van der Waals surface area contributed by atoms with Gasteiger partial charge in [0.1, 0.15) is 0 Å². The summed E-state index contributed by atoms with van der Waals surface area (Å²) in [5.41, 5.74) is 0. The molecule has 1 aliphatic heterocycles. The van der Waals surface area contributed by atoms with Gasteiger partial charge >= 0.3 is 0 Å². The Balaban J connectivity index is 0.000000236. The first-order valence-corrected chi connectivity index (χ1v) is 3.66. The number of carbonyl (C=O) groups is 2. The van der Waals surface area contributed by atoms with Crippen molar-refractivity contribution in [2.75, 3.05) is 6.35 Å². The number of amides is 2. The van der Waals surface area contributed by atoms with Gasteiger partial charge in [-0.2, -0.15) is 0 Å². The Bertz CT molecular complexity index is 123. The molecule has 1 unspecified atom stereocenters. The zero-order chi connectivity index (χ0) is 7.98. The van der Waals surface area contributed by atoms with Crippen molar-refractivity contribution in [3.8, 4) is 0 Å². The number of carbonyl (C=O) groups excluding carboxylic acids is 2. The van der Waals surface area contributed by atoms with E-state index in [1.165, 1.54) is 0 Å². The molecule has 0 aromatic heterocycles. The smallest absolute Gasteiger partial charge is 0.227 e. The Morgan fingerprint density at radius 3 is 1.80 bits per heavy atom. The van der Waals surface area contributed by atoms with Crippen LogP contribution >= 0.6 is 9.24 Å². The van der Waals surface area contributed by atoms with Crippen LogP contribution in [0.4, 0.5) is 0 Å². The second kappa shape index (κ2) is 5.33. The molecule has 1 fully saturated rings. The van der Waals surface area contributed by atoms with Gasteiger partial charge in [0.25, 0.3) is 0 Å². The second-order valence-electron chi connectivity index (χ2n) is 1.65. The summed E-state index contributed by atoms with van der Waals surface area (Å²) >= 11 is 0. The Morgan fingerprint density at radius 1 is 1.40 bits per heavy atom. The summed E-state index contributed by atoms with van der Waals surface area (Å²) in [5, 5.41) is 9.67. The predicted molar refractivity (Wildman–Crippen MR) is 39.2 cm³/mol. The summed E-state index contributed by atoms with van der Waals surface area (Å²) in [6.45, 7) is 0. The topological polar surface area (TPSA) is 66.4 Å². The molecule has 0 bridgehead atoms. The first kappa shape index (κ1) is 9.53. The highest BCUT2D eigenvalue weighted by Crippen LogP contribution is 1.95. The van der Waals surface area contributed by atoms with E-state index in [-0.39, 0.29) is 18.2 Å². The standard InChI is InChI=1S/C4H5NO2.CH5OP/c6-3-1-2-4(7)5-3;2-1-3/h1-2H2,(H,5,6,7);2H,1,3H2. The molecule has 4 nitrogen and oxygen atoms in total. The maximum atomic E-state index is 10.1. The molecule has 10 heavy (non-hydrogen) atoms. The Hall–Kier alpha value is -0.470. The molecule has 1 aliphatic rings. The van der Waals surface area contributed by atoms with E-state index in [0.717, 1.165) is 0 Å². The van der Waals surface area contributed by atoms with Crippen LogP contribution in [0.15, 0.2) is 0 Å². The van der Waals surface area contributed by atoms with Crippen molar-refractivity contribution >= 4 is 21.1 Å². The van der Waals surface area contributed by atoms with Gasteiger partial charge in [0.05, 0.1) is 6.35 Å². The Morgan fingerprint density at radius 2 is 1.70 bits per heavy atom. The first-order chi connectivity index (χ1) is 4.70. The fraction of sp³-hybridized carbons (Fsp3) is 0.600. The van der Waals surface area contributed by atoms with Gasteiger partial charge in [0.2, 0.25) is 11.8 Å². The molecular formula is C5H10NO3P. The number of hydrogen-bond acceptors (Lipinski definition) is 3. The maximum Gasteiger partial charge on any atom is 0.227 e. The lowest BCUT2D eigenvalue weighted by Crippen LogP contribution is -2.18. The molecule has 2 amide bonds. The molecule has 5 heteroatoms. The van der Waals surface area contributed by atoms with Gasteiger partial charge in [0, 0.05) is 12.8 Å². The lowest BCUT2D eigenvalue weighted by atomic mass is 10.4. The Kier molecular flexibility index (Phi) is 5.08. The highest BCUT2D eigenvalue weighted by Gasteiger charge is 2.15. The number of hydrogen-bond donors (Lipinski definition) is 2. The van der Waals surface area contributed by atoms with Crippen molar-refractivity contribution in [2.45, 2.75) is 12.8 Å². The van der Waals surface area contributed by atoms with E-state index in [2.05, 4.69) is 14.6 Å². The molecule has 0 radical (unpaired) electrons. The molecular weight excluding hydrogens is 153 g/mol. The number of aliphatic hydroxyl groups is 1. The van der Waals surface area contributed by atoms with E-state index in [0.29, 0.717) is 12.8 Å². The van der Waals surface area contributed by atoms with E-state index in [9.17, 15) is 9.59 Å². The highest BCUT2D eigenvalue weighted by molar-refractivity contribution is 7.16. The van der Waals surface area contributed by atoms with Crippen LogP contribution in [0.1, 0.15) is 12.8 Å². The molecule has 0 aliphatic carbocycles. The van der Waals surface area contributed by atoms with E-state index in [4.69, 9.17) is 5.11 Å². The minimum atomic E-state index is -0.148. The van der Waals surface area contributed by atoms with Gasteiger partial charge in [-0.3, -0.25) is 14.9 Å². The molecule has 0 aromatic carbocycles. The summed E-state index contributed by atoms with van der Waals surface area (Å²) in [6.07, 6.45) is 0.914. The molecule has 58 valence electrons. The van der Waals surface area contributed by atoms with Crippen molar-refractivity contribution in [2.24, 2.45) is 0 Å². The van der Waals surface area contributed by atoms with Gasteiger partial charge < -0.3 is 5.11 Å². The summed E-state index contributed by atoms with van der Waals surface area (Å²) in [5.74, 6) is -0.296. The highest BCUT2D eigenvalue weighted by atomic mass is 31.0. The normalized spacial score (nSPS) is 15.8. The third-order valence-corrected chi connectivity index (χ3v) is 0.858. The molecule has 2 N–H and O–H groups in total. The quantitative estimate of drug-likeness (QED) is 0.364. The number of aliphatic hydroxyl groups excluding tert-OH is 1. The summed E-state index contributed by atoms with van der Waals surface area (Å²) in [6, 6.07) is 0. The van der Waals surface area contributed by atoms with Crippen molar-refractivity contribution in [3.05, 3.63) is 0 Å². The van der Waals surface area contributed by atoms with Crippen LogP contribution in [0.5, 0.6) is 0 Å². The lowest BCUT2D eigenvalue weighted by Gasteiger charge is -1.79. The van der Waals surface area contributed by atoms with Crippen LogP contribution in [0.3, 0.4) is 0 Å². The van der Waals surface area contributed by atoms with E-state index >= 15 is 0 Å². The zero-order valence-corrected chi connectivity index (χ0v) is 6.62. The van der Waals surface area contributed by atoms with Crippen molar-refractivity contribution < 1.29 is 14.7 Å². The molecule has 1 atom stereocenters. The minimum Gasteiger partial charge on any atom is -0.392 e. The summed E-state index contributed by atoms with van der Waals surface area (Å²) < 4.78 is 0. The molecule has 0 aromatic rings. The van der Waals surface area contributed by atoms with Gasteiger partial charge in [-0.1, -0.05) is 0 Å². The largest absolute Gasteiger partial charge is 0.392 e. The van der Waals surface area contributed by atoms with Gasteiger partial charge in [-0.15, -0.1) is 9.24 Å². The number of imide groups is 1. The monoisotopic (exact) mass is 163 g/mol. The SMILES string of the molecule is O=C1CCC(=O)N1.OCP. The third-order valence-electron chi connectivity index (χ3n) is 0.858. The van der Waals surface area contributed by atoms with E-state index in [1.807, 2.05) is 0 Å². The number of nitrogens with one attached hydrogen (secondary N) is 1. The number of rotatable bonds is 0. The van der Waals surface area contributed by atoms with Gasteiger partial charge in [-0.05, 0) is 0 Å². The average molecular weight is 163 g/mol. The van der Waals surface area contributed by atoms with Crippen LogP contribution in [-0.2, 0) is 9.59 Å². The molecule has 0 spiro atoms. The second-order valence-corrected chi connectivity index (χ2v) is 2.02. The predicted octanol–water partition coefficient (Wildman–Crippen LogP) is -0.766.